The number of amides is 1. The topological polar surface area (TPSA) is 36.1 Å². The zero-order valence-electron chi connectivity index (χ0n) is 10.6. The Hall–Kier alpha value is -2.03. The lowest BCUT2D eigenvalue weighted by molar-refractivity contribution is -0.118. The highest BCUT2D eigenvalue weighted by molar-refractivity contribution is 5.93. The minimum Gasteiger partial charge on any atom is -0.365 e. The van der Waals surface area contributed by atoms with Crippen LogP contribution in [0.1, 0.15) is 19.0 Å². The Kier molecular flexibility index (Phi) is 4.18. The minimum absolute atomic E-state index is 0.165. The Morgan fingerprint density at radius 2 is 1.94 bits per heavy atom. The SMILES string of the molecule is CCN(C(=O)CCc1ccc[nH]1)c1ccccc1. The van der Waals surface area contributed by atoms with Crippen LogP contribution in [0.5, 0.6) is 0 Å². The summed E-state index contributed by atoms with van der Waals surface area (Å²) in [6.45, 7) is 2.70. The summed E-state index contributed by atoms with van der Waals surface area (Å²) in [7, 11) is 0. The van der Waals surface area contributed by atoms with Gasteiger partial charge in [-0.2, -0.15) is 0 Å². The summed E-state index contributed by atoms with van der Waals surface area (Å²) in [4.78, 5) is 17.1. The summed E-state index contributed by atoms with van der Waals surface area (Å²) in [6, 6.07) is 13.8. The van der Waals surface area contributed by atoms with E-state index in [0.717, 1.165) is 17.8 Å². The van der Waals surface area contributed by atoms with E-state index in [1.54, 1.807) is 0 Å². The van der Waals surface area contributed by atoms with Crippen LogP contribution in [0, 0.1) is 0 Å². The Morgan fingerprint density at radius 1 is 1.17 bits per heavy atom. The van der Waals surface area contributed by atoms with E-state index in [0.29, 0.717) is 13.0 Å². The Morgan fingerprint density at radius 3 is 2.56 bits per heavy atom. The lowest BCUT2D eigenvalue weighted by Gasteiger charge is -2.20. The molecule has 1 heterocycles. The van der Waals surface area contributed by atoms with Crippen LogP contribution in [-0.4, -0.2) is 17.4 Å². The van der Waals surface area contributed by atoms with E-state index in [2.05, 4.69) is 4.98 Å². The van der Waals surface area contributed by atoms with E-state index in [4.69, 9.17) is 0 Å². The lowest BCUT2D eigenvalue weighted by atomic mass is 10.2. The molecular weight excluding hydrogens is 224 g/mol. The molecule has 2 aromatic rings. The van der Waals surface area contributed by atoms with Crippen molar-refractivity contribution in [1.82, 2.24) is 4.98 Å². The Labute approximate surface area is 107 Å². The zero-order chi connectivity index (χ0) is 12.8. The third-order valence-corrected chi connectivity index (χ3v) is 2.96. The second-order valence-electron chi connectivity index (χ2n) is 4.17. The zero-order valence-corrected chi connectivity index (χ0v) is 10.6. The van der Waals surface area contributed by atoms with Crippen molar-refractivity contribution in [2.24, 2.45) is 0 Å². The fraction of sp³-hybridized carbons (Fsp3) is 0.267. The van der Waals surface area contributed by atoms with Crippen molar-refractivity contribution in [3.8, 4) is 0 Å². The molecule has 1 amide bonds. The molecule has 0 aliphatic heterocycles. The monoisotopic (exact) mass is 242 g/mol. The maximum absolute atomic E-state index is 12.2. The molecule has 0 aliphatic rings. The fourth-order valence-electron chi connectivity index (χ4n) is 2.01. The molecule has 1 aromatic heterocycles. The van der Waals surface area contributed by atoms with E-state index in [-0.39, 0.29) is 5.91 Å². The van der Waals surface area contributed by atoms with Gasteiger partial charge in [0.05, 0.1) is 0 Å². The third-order valence-electron chi connectivity index (χ3n) is 2.96. The molecule has 0 saturated carbocycles. The van der Waals surface area contributed by atoms with E-state index in [1.165, 1.54) is 0 Å². The maximum Gasteiger partial charge on any atom is 0.227 e. The van der Waals surface area contributed by atoms with Gasteiger partial charge in [-0.1, -0.05) is 18.2 Å². The number of hydrogen-bond donors (Lipinski definition) is 1. The molecule has 0 unspecified atom stereocenters. The van der Waals surface area contributed by atoms with Gasteiger partial charge in [-0.05, 0) is 37.6 Å². The van der Waals surface area contributed by atoms with E-state index >= 15 is 0 Å². The molecule has 3 nitrogen and oxygen atoms in total. The summed E-state index contributed by atoms with van der Waals surface area (Å²) in [5, 5.41) is 0. The molecule has 1 N–H and O–H groups in total. The standard InChI is InChI=1S/C15H18N2O/c1-2-17(14-8-4-3-5-9-14)15(18)11-10-13-7-6-12-16-13/h3-9,12,16H,2,10-11H2,1H3. The number of aromatic amines is 1. The molecule has 2 rings (SSSR count). The maximum atomic E-state index is 12.2. The van der Waals surface area contributed by atoms with Crippen LogP contribution in [0.2, 0.25) is 0 Å². The van der Waals surface area contributed by atoms with Gasteiger partial charge < -0.3 is 9.88 Å². The van der Waals surface area contributed by atoms with Crippen molar-refractivity contribution >= 4 is 11.6 Å². The first kappa shape index (κ1) is 12.4. The average Bonchev–Trinajstić information content (AvgIpc) is 2.92. The van der Waals surface area contributed by atoms with Crippen molar-refractivity contribution < 1.29 is 4.79 Å². The van der Waals surface area contributed by atoms with Gasteiger partial charge in [0, 0.05) is 30.5 Å². The largest absolute Gasteiger partial charge is 0.365 e. The number of carbonyl (C=O) groups is 1. The number of carbonyl (C=O) groups excluding carboxylic acids is 1. The molecule has 94 valence electrons. The van der Waals surface area contributed by atoms with Crippen LogP contribution in [0.3, 0.4) is 0 Å². The van der Waals surface area contributed by atoms with Crippen LogP contribution in [0.25, 0.3) is 0 Å². The first-order chi connectivity index (χ1) is 8.81. The third kappa shape index (κ3) is 3.00. The molecule has 0 bridgehead atoms. The highest BCUT2D eigenvalue weighted by Crippen LogP contribution is 2.14. The molecule has 0 spiro atoms. The van der Waals surface area contributed by atoms with Gasteiger partial charge in [0.1, 0.15) is 0 Å². The molecule has 3 heteroatoms. The van der Waals surface area contributed by atoms with Crippen LogP contribution in [-0.2, 0) is 11.2 Å². The number of nitrogens with one attached hydrogen (secondary N) is 1. The Balaban J connectivity index is 1.98. The predicted octanol–water partition coefficient (Wildman–Crippen LogP) is 3.00. The molecular formula is C15H18N2O. The number of rotatable bonds is 5. The Bertz CT molecular complexity index is 476. The highest BCUT2D eigenvalue weighted by atomic mass is 16.2. The number of aryl methyl sites for hydroxylation is 1. The highest BCUT2D eigenvalue weighted by Gasteiger charge is 2.13. The molecule has 0 radical (unpaired) electrons. The summed E-state index contributed by atoms with van der Waals surface area (Å²) >= 11 is 0. The summed E-state index contributed by atoms with van der Waals surface area (Å²) in [6.07, 6.45) is 3.17. The smallest absolute Gasteiger partial charge is 0.227 e. The second kappa shape index (κ2) is 6.05. The number of aromatic nitrogens is 1. The number of benzene rings is 1. The second-order valence-corrected chi connectivity index (χ2v) is 4.17. The van der Waals surface area contributed by atoms with Crippen molar-refractivity contribution in [2.45, 2.75) is 19.8 Å². The molecule has 0 atom stereocenters. The normalized spacial score (nSPS) is 10.3. The van der Waals surface area contributed by atoms with Gasteiger partial charge in [0.2, 0.25) is 5.91 Å². The van der Waals surface area contributed by atoms with Crippen LogP contribution < -0.4 is 4.90 Å². The van der Waals surface area contributed by atoms with Gasteiger partial charge in [-0.25, -0.2) is 0 Å². The first-order valence-corrected chi connectivity index (χ1v) is 6.29. The number of nitrogens with zero attached hydrogens (tertiary/aromatic N) is 1. The molecule has 0 fully saturated rings. The lowest BCUT2D eigenvalue weighted by Crippen LogP contribution is -2.30. The number of H-pyrrole nitrogens is 1. The van der Waals surface area contributed by atoms with E-state index in [9.17, 15) is 4.79 Å². The first-order valence-electron chi connectivity index (χ1n) is 6.29. The van der Waals surface area contributed by atoms with Crippen molar-refractivity contribution in [3.63, 3.8) is 0 Å². The van der Waals surface area contributed by atoms with Crippen molar-refractivity contribution in [2.75, 3.05) is 11.4 Å². The molecule has 1 aromatic carbocycles. The molecule has 0 saturated heterocycles. The van der Waals surface area contributed by atoms with Crippen molar-refractivity contribution in [1.29, 1.82) is 0 Å². The van der Waals surface area contributed by atoms with Gasteiger partial charge in [-0.3, -0.25) is 4.79 Å². The average molecular weight is 242 g/mol. The van der Waals surface area contributed by atoms with Gasteiger partial charge in [0.25, 0.3) is 0 Å². The van der Waals surface area contributed by atoms with Crippen LogP contribution in [0.4, 0.5) is 5.69 Å². The fourth-order valence-corrected chi connectivity index (χ4v) is 2.01. The summed E-state index contributed by atoms with van der Waals surface area (Å²) in [5.74, 6) is 0.165. The molecule has 18 heavy (non-hydrogen) atoms. The molecule has 0 aliphatic carbocycles. The minimum atomic E-state index is 0.165. The van der Waals surface area contributed by atoms with Crippen molar-refractivity contribution in [3.05, 3.63) is 54.4 Å². The summed E-state index contributed by atoms with van der Waals surface area (Å²) in [5.41, 5.74) is 2.07. The summed E-state index contributed by atoms with van der Waals surface area (Å²) < 4.78 is 0. The van der Waals surface area contributed by atoms with E-state index < -0.39 is 0 Å². The van der Waals surface area contributed by atoms with Gasteiger partial charge in [0.15, 0.2) is 0 Å². The number of para-hydroxylation sites is 1. The van der Waals surface area contributed by atoms with E-state index in [1.807, 2.05) is 60.5 Å². The quantitative estimate of drug-likeness (QED) is 0.859. The number of anilines is 1. The predicted molar refractivity (Wildman–Crippen MR) is 73.6 cm³/mol. The number of hydrogen-bond acceptors (Lipinski definition) is 1. The van der Waals surface area contributed by atoms with Crippen LogP contribution in [0.15, 0.2) is 48.7 Å². The van der Waals surface area contributed by atoms with Gasteiger partial charge >= 0.3 is 0 Å². The van der Waals surface area contributed by atoms with Gasteiger partial charge in [-0.15, -0.1) is 0 Å². The van der Waals surface area contributed by atoms with Crippen LogP contribution >= 0.6 is 0 Å².